The number of hydrogen-bond donors (Lipinski definition) is 1. The zero-order chi connectivity index (χ0) is 14.7. The predicted molar refractivity (Wildman–Crippen MR) is 77.0 cm³/mol. The standard InChI is InChI=1S/C11H6IN5O3/c12-7-1-6(4-13)2-8(17(18)19)11(7)20-10-3-9(14)15-5-16-10/h1-3,5H,(H2,14,15,16). The van der Waals surface area contributed by atoms with E-state index >= 15 is 0 Å². The molecule has 1 aromatic heterocycles. The van der Waals surface area contributed by atoms with Crippen molar-refractivity contribution < 1.29 is 9.66 Å². The van der Waals surface area contributed by atoms with Crippen LogP contribution in [0, 0.1) is 25.0 Å². The lowest BCUT2D eigenvalue weighted by atomic mass is 10.2. The first-order valence-electron chi connectivity index (χ1n) is 5.14. The minimum absolute atomic E-state index is 0.00713. The number of halogens is 1. The molecule has 1 heterocycles. The highest BCUT2D eigenvalue weighted by atomic mass is 127. The SMILES string of the molecule is N#Cc1cc(I)c(Oc2cc(N)ncn2)c([N+](=O)[O-])c1. The lowest BCUT2D eigenvalue weighted by Crippen LogP contribution is -1.99. The molecule has 0 fully saturated rings. The Balaban J connectivity index is 2.51. The Morgan fingerprint density at radius 2 is 2.15 bits per heavy atom. The first-order chi connectivity index (χ1) is 9.51. The predicted octanol–water partition coefficient (Wildman–Crippen LogP) is 2.24. The number of nitrogen functional groups attached to an aromatic ring is 1. The number of aromatic nitrogens is 2. The molecule has 2 rings (SSSR count). The van der Waals surface area contributed by atoms with Crippen LogP contribution >= 0.6 is 22.6 Å². The van der Waals surface area contributed by atoms with Gasteiger partial charge in [-0.15, -0.1) is 0 Å². The third kappa shape index (κ3) is 2.91. The van der Waals surface area contributed by atoms with Crippen LogP contribution in [0.3, 0.4) is 0 Å². The van der Waals surface area contributed by atoms with Gasteiger partial charge in [-0.3, -0.25) is 10.1 Å². The van der Waals surface area contributed by atoms with Crippen LogP contribution in [-0.2, 0) is 0 Å². The maximum Gasteiger partial charge on any atom is 0.314 e. The van der Waals surface area contributed by atoms with Crippen molar-refractivity contribution in [3.05, 3.63) is 43.8 Å². The lowest BCUT2D eigenvalue weighted by molar-refractivity contribution is -0.385. The molecule has 20 heavy (non-hydrogen) atoms. The van der Waals surface area contributed by atoms with Crippen LogP contribution in [0.1, 0.15) is 5.56 Å². The van der Waals surface area contributed by atoms with Gasteiger partial charge in [0.2, 0.25) is 11.6 Å². The van der Waals surface area contributed by atoms with Crippen molar-refractivity contribution >= 4 is 34.1 Å². The van der Waals surface area contributed by atoms with Gasteiger partial charge in [0.05, 0.1) is 20.1 Å². The topological polar surface area (TPSA) is 128 Å². The third-order valence-corrected chi connectivity index (χ3v) is 3.02. The molecule has 0 saturated carbocycles. The molecule has 2 N–H and O–H groups in total. The lowest BCUT2D eigenvalue weighted by Gasteiger charge is -2.08. The van der Waals surface area contributed by atoms with E-state index in [1.165, 1.54) is 18.5 Å². The fourth-order valence-electron chi connectivity index (χ4n) is 1.39. The highest BCUT2D eigenvalue weighted by Crippen LogP contribution is 2.36. The summed E-state index contributed by atoms with van der Waals surface area (Å²) < 4.78 is 5.81. The van der Waals surface area contributed by atoms with Crippen molar-refractivity contribution in [3.8, 4) is 17.7 Å². The zero-order valence-electron chi connectivity index (χ0n) is 9.78. The maximum atomic E-state index is 11.1. The van der Waals surface area contributed by atoms with Crippen molar-refractivity contribution in [1.29, 1.82) is 5.26 Å². The summed E-state index contributed by atoms with van der Waals surface area (Å²) in [7, 11) is 0. The molecule has 0 radical (unpaired) electrons. The molecule has 0 aliphatic carbocycles. The van der Waals surface area contributed by atoms with Crippen LogP contribution in [0.2, 0.25) is 0 Å². The molecule has 1 aromatic carbocycles. The number of nitro benzene ring substituents is 1. The van der Waals surface area contributed by atoms with E-state index in [-0.39, 0.29) is 28.7 Å². The van der Waals surface area contributed by atoms with Gasteiger partial charge in [0.25, 0.3) is 0 Å². The number of ether oxygens (including phenoxy) is 1. The first kappa shape index (κ1) is 13.9. The molecule has 8 nitrogen and oxygen atoms in total. The molecular formula is C11H6IN5O3. The van der Waals surface area contributed by atoms with Crippen LogP contribution in [0.15, 0.2) is 24.5 Å². The molecule has 0 bridgehead atoms. The van der Waals surface area contributed by atoms with Gasteiger partial charge in [0.1, 0.15) is 12.1 Å². The summed E-state index contributed by atoms with van der Waals surface area (Å²) >= 11 is 1.85. The smallest absolute Gasteiger partial charge is 0.314 e. The van der Waals surface area contributed by atoms with Gasteiger partial charge in [-0.25, -0.2) is 9.97 Å². The number of benzene rings is 1. The Morgan fingerprint density at radius 3 is 2.75 bits per heavy atom. The zero-order valence-corrected chi connectivity index (χ0v) is 11.9. The van der Waals surface area contributed by atoms with Gasteiger partial charge in [-0.2, -0.15) is 5.26 Å². The Bertz CT molecular complexity index is 728. The van der Waals surface area contributed by atoms with E-state index in [1.54, 1.807) is 0 Å². The Labute approximate surface area is 126 Å². The van der Waals surface area contributed by atoms with E-state index in [0.717, 1.165) is 6.07 Å². The summed E-state index contributed by atoms with van der Waals surface area (Å²) in [5.74, 6) is 0.275. The van der Waals surface area contributed by atoms with Gasteiger partial charge in [-0.05, 0) is 28.7 Å². The average molecular weight is 383 g/mol. The van der Waals surface area contributed by atoms with Crippen molar-refractivity contribution in [3.63, 3.8) is 0 Å². The van der Waals surface area contributed by atoms with Gasteiger partial charge in [-0.1, -0.05) is 0 Å². The largest absolute Gasteiger partial charge is 0.430 e. The number of rotatable bonds is 3. The Morgan fingerprint density at radius 1 is 1.40 bits per heavy atom. The van der Waals surface area contributed by atoms with Gasteiger partial charge in [0.15, 0.2) is 0 Å². The van der Waals surface area contributed by atoms with E-state index in [0.29, 0.717) is 3.57 Å². The molecule has 0 atom stereocenters. The fourth-order valence-corrected chi connectivity index (χ4v) is 2.12. The number of nitrogens with zero attached hydrogens (tertiary/aromatic N) is 4. The maximum absolute atomic E-state index is 11.1. The fraction of sp³-hybridized carbons (Fsp3) is 0. The van der Waals surface area contributed by atoms with Gasteiger partial charge in [0, 0.05) is 12.1 Å². The van der Waals surface area contributed by atoms with Crippen molar-refractivity contribution in [1.82, 2.24) is 9.97 Å². The number of hydrogen-bond acceptors (Lipinski definition) is 7. The first-order valence-corrected chi connectivity index (χ1v) is 6.22. The van der Waals surface area contributed by atoms with Crippen molar-refractivity contribution in [2.75, 3.05) is 5.73 Å². The van der Waals surface area contributed by atoms with Crippen molar-refractivity contribution in [2.45, 2.75) is 0 Å². The Hall–Kier alpha value is -2.48. The average Bonchev–Trinajstić information content (AvgIpc) is 2.40. The van der Waals surface area contributed by atoms with Crippen LogP contribution in [0.5, 0.6) is 11.6 Å². The highest BCUT2D eigenvalue weighted by molar-refractivity contribution is 14.1. The van der Waals surface area contributed by atoms with Crippen molar-refractivity contribution in [2.24, 2.45) is 0 Å². The number of anilines is 1. The summed E-state index contributed by atoms with van der Waals surface area (Å²) in [6, 6.07) is 5.82. The molecule has 100 valence electrons. The number of nitro groups is 1. The quantitative estimate of drug-likeness (QED) is 0.489. The van der Waals surface area contributed by atoms with E-state index in [1.807, 2.05) is 28.7 Å². The minimum atomic E-state index is -0.622. The molecule has 0 amide bonds. The summed E-state index contributed by atoms with van der Waals surface area (Å²) in [4.78, 5) is 17.9. The molecule has 0 spiro atoms. The molecule has 9 heteroatoms. The molecule has 2 aromatic rings. The summed E-state index contributed by atoms with van der Waals surface area (Å²) in [5.41, 5.74) is 5.35. The summed E-state index contributed by atoms with van der Waals surface area (Å²) in [6.45, 7) is 0. The van der Waals surface area contributed by atoms with Crippen LogP contribution < -0.4 is 10.5 Å². The second kappa shape index (κ2) is 5.66. The number of nitriles is 1. The molecular weight excluding hydrogens is 377 g/mol. The van der Waals surface area contributed by atoms with Crippen LogP contribution in [0.4, 0.5) is 11.5 Å². The van der Waals surface area contributed by atoms with E-state index < -0.39 is 4.92 Å². The molecule has 0 unspecified atom stereocenters. The molecule has 0 aliphatic heterocycles. The normalized spacial score (nSPS) is 9.80. The summed E-state index contributed by atoms with van der Waals surface area (Å²) in [5, 5.41) is 19.9. The van der Waals surface area contributed by atoms with Gasteiger partial charge >= 0.3 is 5.69 Å². The Kier molecular flexibility index (Phi) is 3.94. The van der Waals surface area contributed by atoms with E-state index in [4.69, 9.17) is 15.7 Å². The van der Waals surface area contributed by atoms with Gasteiger partial charge < -0.3 is 10.5 Å². The van der Waals surface area contributed by atoms with E-state index in [9.17, 15) is 10.1 Å². The van der Waals surface area contributed by atoms with Crippen LogP contribution in [0.25, 0.3) is 0 Å². The second-order valence-corrected chi connectivity index (χ2v) is 4.72. The monoisotopic (exact) mass is 383 g/mol. The van der Waals surface area contributed by atoms with E-state index in [2.05, 4.69) is 9.97 Å². The number of nitrogens with two attached hydrogens (primary N) is 1. The third-order valence-electron chi connectivity index (χ3n) is 2.22. The minimum Gasteiger partial charge on any atom is -0.430 e. The van der Waals surface area contributed by atoms with Crippen LogP contribution in [-0.4, -0.2) is 14.9 Å². The second-order valence-electron chi connectivity index (χ2n) is 3.56. The molecule has 0 saturated heterocycles. The summed E-state index contributed by atoms with van der Waals surface area (Å²) in [6.07, 6.45) is 1.19. The highest BCUT2D eigenvalue weighted by Gasteiger charge is 2.21. The molecule has 0 aliphatic rings.